The maximum Gasteiger partial charge on any atom is 0.349 e. The van der Waals surface area contributed by atoms with Crippen LogP contribution in [-0.2, 0) is 22.4 Å². The number of hydrogen-bond acceptors (Lipinski definition) is 6. The van der Waals surface area contributed by atoms with E-state index in [1.54, 1.807) is 11.4 Å². The molecule has 1 atom stereocenters. The van der Waals surface area contributed by atoms with Crippen molar-refractivity contribution in [2.75, 3.05) is 5.32 Å². The summed E-state index contributed by atoms with van der Waals surface area (Å²) in [4.78, 5) is 26.4. The number of carbonyl (C=O) groups excluding carboxylic acids is 2. The molecular formula is C18H18N2O3S2. The van der Waals surface area contributed by atoms with Gasteiger partial charge in [0.15, 0.2) is 6.10 Å². The molecule has 130 valence electrons. The molecule has 0 bridgehead atoms. The van der Waals surface area contributed by atoms with Crippen molar-refractivity contribution in [3.63, 3.8) is 0 Å². The average molecular weight is 374 g/mol. The van der Waals surface area contributed by atoms with Gasteiger partial charge in [0.1, 0.15) is 15.9 Å². The van der Waals surface area contributed by atoms with Crippen LogP contribution in [0.4, 0.5) is 5.00 Å². The summed E-state index contributed by atoms with van der Waals surface area (Å²) in [6.45, 7) is 1.53. The van der Waals surface area contributed by atoms with Gasteiger partial charge in [0, 0.05) is 4.88 Å². The minimum absolute atomic E-state index is 0.402. The van der Waals surface area contributed by atoms with E-state index in [1.165, 1.54) is 46.5 Å². The Morgan fingerprint density at radius 3 is 2.92 bits per heavy atom. The van der Waals surface area contributed by atoms with Crippen molar-refractivity contribution in [3.8, 4) is 6.07 Å². The van der Waals surface area contributed by atoms with Crippen molar-refractivity contribution in [1.29, 1.82) is 5.26 Å². The molecule has 2 heterocycles. The number of hydrogen-bond donors (Lipinski definition) is 1. The molecule has 2 aromatic rings. The molecule has 0 radical (unpaired) electrons. The number of nitrogens with one attached hydrogen (secondary N) is 1. The minimum Gasteiger partial charge on any atom is -0.448 e. The summed E-state index contributed by atoms with van der Waals surface area (Å²) in [6.07, 6.45) is 4.62. The first-order chi connectivity index (χ1) is 12.1. The second kappa shape index (κ2) is 7.81. The predicted molar refractivity (Wildman–Crippen MR) is 98.1 cm³/mol. The van der Waals surface area contributed by atoms with Crippen LogP contribution >= 0.6 is 22.7 Å². The summed E-state index contributed by atoms with van der Waals surface area (Å²) >= 11 is 2.74. The van der Waals surface area contributed by atoms with Gasteiger partial charge >= 0.3 is 5.97 Å². The molecule has 5 nitrogen and oxygen atoms in total. The molecule has 0 saturated carbocycles. The van der Waals surface area contributed by atoms with Crippen molar-refractivity contribution in [2.45, 2.75) is 45.1 Å². The lowest BCUT2D eigenvalue weighted by atomic mass is 10.1. The molecule has 0 aromatic carbocycles. The predicted octanol–water partition coefficient (Wildman–Crippen LogP) is 4.13. The lowest BCUT2D eigenvalue weighted by molar-refractivity contribution is -0.123. The molecule has 1 aliphatic carbocycles. The van der Waals surface area contributed by atoms with Crippen LogP contribution in [-0.4, -0.2) is 18.0 Å². The van der Waals surface area contributed by atoms with Crippen molar-refractivity contribution in [2.24, 2.45) is 0 Å². The molecule has 7 heteroatoms. The van der Waals surface area contributed by atoms with Gasteiger partial charge in [-0.25, -0.2) is 4.79 Å². The van der Waals surface area contributed by atoms with Gasteiger partial charge in [0.2, 0.25) is 0 Å². The van der Waals surface area contributed by atoms with Gasteiger partial charge in [-0.1, -0.05) is 6.42 Å². The molecule has 1 amide bonds. The Hall–Kier alpha value is -2.17. The Balaban J connectivity index is 1.62. The SMILES string of the molecule is C[C@H](OC(=O)c1cc2c(s1)CCCCC2)C(=O)Nc1sccc1C#N. The Bertz CT molecular complexity index is 808. The summed E-state index contributed by atoms with van der Waals surface area (Å²) < 4.78 is 5.31. The number of fused-ring (bicyclic) bond motifs is 1. The molecule has 0 fully saturated rings. The molecule has 2 aromatic heterocycles. The van der Waals surface area contributed by atoms with E-state index in [0.29, 0.717) is 15.4 Å². The third-order valence-electron chi connectivity index (χ3n) is 4.12. The monoisotopic (exact) mass is 374 g/mol. The number of ether oxygens (including phenoxy) is 1. The number of rotatable bonds is 4. The van der Waals surface area contributed by atoms with E-state index in [9.17, 15) is 9.59 Å². The van der Waals surface area contributed by atoms with E-state index >= 15 is 0 Å². The second-order valence-electron chi connectivity index (χ2n) is 5.93. The van der Waals surface area contributed by atoms with Crippen LogP contribution < -0.4 is 5.32 Å². The molecule has 3 rings (SSSR count). The van der Waals surface area contributed by atoms with E-state index in [4.69, 9.17) is 10.00 Å². The van der Waals surface area contributed by atoms with E-state index < -0.39 is 18.0 Å². The molecule has 0 saturated heterocycles. The van der Waals surface area contributed by atoms with Gasteiger partial charge in [-0.2, -0.15) is 5.26 Å². The third kappa shape index (κ3) is 4.09. The van der Waals surface area contributed by atoms with Gasteiger partial charge < -0.3 is 10.1 Å². The first-order valence-corrected chi connectivity index (χ1v) is 9.89. The van der Waals surface area contributed by atoms with Gasteiger partial charge in [-0.15, -0.1) is 22.7 Å². The Morgan fingerprint density at radius 1 is 1.32 bits per heavy atom. The van der Waals surface area contributed by atoms with Crippen LogP contribution in [0.25, 0.3) is 0 Å². The minimum atomic E-state index is -0.928. The largest absolute Gasteiger partial charge is 0.448 e. The van der Waals surface area contributed by atoms with Gasteiger partial charge in [-0.3, -0.25) is 4.79 Å². The van der Waals surface area contributed by atoms with Crippen LogP contribution in [0.3, 0.4) is 0 Å². The number of esters is 1. The van der Waals surface area contributed by atoms with E-state index in [2.05, 4.69) is 5.32 Å². The summed E-state index contributed by atoms with van der Waals surface area (Å²) in [5.41, 5.74) is 1.64. The zero-order chi connectivity index (χ0) is 17.8. The highest BCUT2D eigenvalue weighted by Crippen LogP contribution is 2.29. The number of aryl methyl sites for hydroxylation is 2. The molecular weight excluding hydrogens is 356 g/mol. The van der Waals surface area contributed by atoms with Crippen LogP contribution in [0.15, 0.2) is 17.5 Å². The molecule has 0 aliphatic heterocycles. The first kappa shape index (κ1) is 17.6. The van der Waals surface area contributed by atoms with E-state index in [0.717, 1.165) is 25.7 Å². The zero-order valence-electron chi connectivity index (χ0n) is 13.8. The Morgan fingerprint density at radius 2 is 2.12 bits per heavy atom. The third-order valence-corrected chi connectivity index (χ3v) is 6.17. The zero-order valence-corrected chi connectivity index (χ0v) is 15.5. The first-order valence-electron chi connectivity index (χ1n) is 8.19. The average Bonchev–Trinajstić information content (AvgIpc) is 3.16. The summed E-state index contributed by atoms with van der Waals surface area (Å²) in [5, 5.41) is 13.8. The quantitative estimate of drug-likeness (QED) is 0.644. The number of nitrogens with zero attached hydrogens (tertiary/aromatic N) is 1. The fourth-order valence-corrected chi connectivity index (χ4v) is 4.62. The molecule has 1 aliphatic rings. The highest BCUT2D eigenvalue weighted by Gasteiger charge is 2.23. The molecule has 0 unspecified atom stereocenters. The van der Waals surface area contributed by atoms with Crippen molar-refractivity contribution < 1.29 is 14.3 Å². The highest BCUT2D eigenvalue weighted by atomic mass is 32.1. The van der Waals surface area contributed by atoms with Crippen molar-refractivity contribution in [1.82, 2.24) is 0 Å². The van der Waals surface area contributed by atoms with Crippen LogP contribution in [0, 0.1) is 11.3 Å². The van der Waals surface area contributed by atoms with Gasteiger partial charge in [0.05, 0.1) is 5.56 Å². The lowest BCUT2D eigenvalue weighted by Crippen LogP contribution is -2.29. The maximum absolute atomic E-state index is 12.3. The maximum atomic E-state index is 12.3. The molecule has 0 spiro atoms. The van der Waals surface area contributed by atoms with Crippen LogP contribution in [0.5, 0.6) is 0 Å². The second-order valence-corrected chi connectivity index (χ2v) is 7.98. The normalized spacial score (nSPS) is 14.7. The Labute approximate surface area is 154 Å². The number of nitriles is 1. The van der Waals surface area contributed by atoms with Crippen molar-refractivity contribution >= 4 is 39.6 Å². The fourth-order valence-electron chi connectivity index (χ4n) is 2.75. The van der Waals surface area contributed by atoms with Gasteiger partial charge in [0.25, 0.3) is 5.91 Å². The standard InChI is InChI=1S/C18H18N2O3S2/c1-11(16(21)20-17-13(10-19)7-8-24-17)23-18(22)15-9-12-5-3-2-4-6-14(12)25-15/h7-9,11H,2-6H2,1H3,(H,20,21)/t11-/m0/s1. The van der Waals surface area contributed by atoms with Crippen molar-refractivity contribution in [3.05, 3.63) is 38.4 Å². The molecule has 1 N–H and O–H groups in total. The van der Waals surface area contributed by atoms with E-state index in [1.807, 2.05) is 12.1 Å². The highest BCUT2D eigenvalue weighted by molar-refractivity contribution is 7.14. The Kier molecular flexibility index (Phi) is 5.51. The smallest absolute Gasteiger partial charge is 0.349 e. The lowest BCUT2D eigenvalue weighted by Gasteiger charge is -2.12. The number of anilines is 1. The van der Waals surface area contributed by atoms with Crippen LogP contribution in [0.1, 0.15) is 51.9 Å². The van der Waals surface area contributed by atoms with Crippen LogP contribution in [0.2, 0.25) is 0 Å². The number of carbonyl (C=O) groups is 2. The van der Waals surface area contributed by atoms with Gasteiger partial charge in [-0.05, 0) is 55.7 Å². The molecule has 25 heavy (non-hydrogen) atoms. The number of thiophene rings is 2. The summed E-state index contributed by atoms with van der Waals surface area (Å²) in [7, 11) is 0. The topological polar surface area (TPSA) is 79.2 Å². The van der Waals surface area contributed by atoms with E-state index in [-0.39, 0.29) is 0 Å². The fraction of sp³-hybridized carbons (Fsp3) is 0.389. The number of amides is 1. The summed E-state index contributed by atoms with van der Waals surface area (Å²) in [5.74, 6) is -0.905. The summed E-state index contributed by atoms with van der Waals surface area (Å²) in [6, 6.07) is 5.55.